The van der Waals surface area contributed by atoms with E-state index in [2.05, 4.69) is 29.2 Å². The summed E-state index contributed by atoms with van der Waals surface area (Å²) in [6.07, 6.45) is 4.57. The number of nitrogen functional groups attached to an aromatic ring is 1. The van der Waals surface area contributed by atoms with Crippen molar-refractivity contribution in [2.75, 3.05) is 5.43 Å². The number of anilines is 1. The molecule has 0 saturated heterocycles. The minimum absolute atomic E-state index is 0.646. The van der Waals surface area contributed by atoms with Gasteiger partial charge in [0.2, 0.25) is 0 Å². The van der Waals surface area contributed by atoms with Crippen LogP contribution in [0.4, 0.5) is 5.82 Å². The zero-order valence-electron chi connectivity index (χ0n) is 10.0. The smallest absolute Gasteiger partial charge is 0.143 e. The molecular formula is C12H20N4. The zero-order chi connectivity index (χ0) is 11.5. The van der Waals surface area contributed by atoms with E-state index in [1.54, 1.807) is 0 Å². The fourth-order valence-corrected chi connectivity index (χ4v) is 1.71. The number of hydrogen-bond acceptors (Lipinski definition) is 4. The van der Waals surface area contributed by atoms with Gasteiger partial charge in [-0.3, -0.25) is 0 Å². The predicted molar refractivity (Wildman–Crippen MR) is 65.0 cm³/mol. The number of nitrogens with two attached hydrogens (primary N) is 1. The maximum atomic E-state index is 5.42. The van der Waals surface area contributed by atoms with E-state index >= 15 is 0 Å². The van der Waals surface area contributed by atoms with Crippen molar-refractivity contribution in [3.05, 3.63) is 17.6 Å². The van der Waals surface area contributed by atoms with E-state index in [1.165, 1.54) is 12.8 Å². The highest BCUT2D eigenvalue weighted by Crippen LogP contribution is 2.39. The van der Waals surface area contributed by atoms with Gasteiger partial charge in [0.25, 0.3) is 0 Å². The van der Waals surface area contributed by atoms with Crippen LogP contribution in [0.1, 0.15) is 50.5 Å². The average Bonchev–Trinajstić information content (AvgIpc) is 3.09. The molecule has 1 aromatic heterocycles. The summed E-state index contributed by atoms with van der Waals surface area (Å²) in [6.45, 7) is 4.43. The van der Waals surface area contributed by atoms with Crippen molar-refractivity contribution in [3.63, 3.8) is 0 Å². The van der Waals surface area contributed by atoms with Crippen molar-refractivity contribution in [2.24, 2.45) is 11.8 Å². The molecule has 1 saturated carbocycles. The first kappa shape index (κ1) is 11.3. The van der Waals surface area contributed by atoms with E-state index in [9.17, 15) is 0 Å². The second-order valence-electron chi connectivity index (χ2n) is 4.95. The largest absolute Gasteiger partial charge is 0.308 e. The molecule has 0 bridgehead atoms. The Morgan fingerprint density at radius 2 is 2.19 bits per heavy atom. The minimum Gasteiger partial charge on any atom is -0.308 e. The summed E-state index contributed by atoms with van der Waals surface area (Å²) < 4.78 is 0. The number of hydrogen-bond donors (Lipinski definition) is 2. The number of nitrogens with zero attached hydrogens (tertiary/aromatic N) is 2. The molecular weight excluding hydrogens is 200 g/mol. The number of aryl methyl sites for hydroxylation is 1. The molecule has 2 rings (SSSR count). The van der Waals surface area contributed by atoms with Crippen molar-refractivity contribution < 1.29 is 0 Å². The molecule has 88 valence electrons. The highest BCUT2D eigenvalue weighted by molar-refractivity contribution is 5.36. The summed E-state index contributed by atoms with van der Waals surface area (Å²) in [5.74, 6) is 8.42. The average molecular weight is 220 g/mol. The Hall–Kier alpha value is -1.16. The molecule has 0 unspecified atom stereocenters. The van der Waals surface area contributed by atoms with Gasteiger partial charge >= 0.3 is 0 Å². The molecule has 1 heterocycles. The first-order valence-electron chi connectivity index (χ1n) is 6.03. The standard InChI is InChI=1S/C12H20N4/c1-8(2)3-6-11-14-10(9-4-5-9)7-12(15-11)16-13/h7-9H,3-6,13H2,1-2H3,(H,14,15,16). The van der Waals surface area contributed by atoms with Crippen molar-refractivity contribution in [1.82, 2.24) is 9.97 Å². The maximum absolute atomic E-state index is 5.42. The molecule has 1 aliphatic rings. The number of rotatable bonds is 5. The van der Waals surface area contributed by atoms with Gasteiger partial charge in [-0.2, -0.15) is 0 Å². The van der Waals surface area contributed by atoms with Gasteiger partial charge in [0.05, 0.1) is 0 Å². The predicted octanol–water partition coefficient (Wildman–Crippen LogP) is 2.23. The molecule has 4 nitrogen and oxygen atoms in total. The molecule has 0 radical (unpaired) electrons. The first-order chi connectivity index (χ1) is 7.69. The molecule has 0 spiro atoms. The second-order valence-corrected chi connectivity index (χ2v) is 4.95. The molecule has 0 aromatic carbocycles. The summed E-state index contributed by atoms with van der Waals surface area (Å²) in [4.78, 5) is 9.00. The molecule has 0 amide bonds. The number of aromatic nitrogens is 2. The Morgan fingerprint density at radius 1 is 1.44 bits per heavy atom. The van der Waals surface area contributed by atoms with Gasteiger partial charge in [0.15, 0.2) is 0 Å². The SMILES string of the molecule is CC(C)CCc1nc(NN)cc(C2CC2)n1. The first-order valence-corrected chi connectivity index (χ1v) is 6.03. The van der Waals surface area contributed by atoms with Crippen LogP contribution in [-0.4, -0.2) is 9.97 Å². The number of nitrogens with one attached hydrogen (secondary N) is 1. The zero-order valence-corrected chi connectivity index (χ0v) is 10.0. The lowest BCUT2D eigenvalue weighted by Gasteiger charge is -2.08. The Morgan fingerprint density at radius 3 is 2.75 bits per heavy atom. The van der Waals surface area contributed by atoms with Gasteiger partial charge in [0, 0.05) is 24.1 Å². The molecule has 1 fully saturated rings. The summed E-state index contributed by atoms with van der Waals surface area (Å²) in [7, 11) is 0. The molecule has 0 aliphatic heterocycles. The van der Waals surface area contributed by atoms with Crippen molar-refractivity contribution in [1.29, 1.82) is 0 Å². The fourth-order valence-electron chi connectivity index (χ4n) is 1.71. The summed E-state index contributed by atoms with van der Waals surface area (Å²) in [5.41, 5.74) is 3.78. The highest BCUT2D eigenvalue weighted by Gasteiger charge is 2.26. The quantitative estimate of drug-likeness (QED) is 0.590. The van der Waals surface area contributed by atoms with E-state index in [0.29, 0.717) is 11.8 Å². The van der Waals surface area contributed by atoms with Crippen LogP contribution in [0.3, 0.4) is 0 Å². The lowest BCUT2D eigenvalue weighted by Crippen LogP contribution is -2.12. The summed E-state index contributed by atoms with van der Waals surface area (Å²) in [6, 6.07) is 1.97. The van der Waals surface area contributed by atoms with Crippen LogP contribution in [0.15, 0.2) is 6.07 Å². The van der Waals surface area contributed by atoms with Crippen molar-refractivity contribution >= 4 is 5.82 Å². The van der Waals surface area contributed by atoms with Crippen LogP contribution in [0.25, 0.3) is 0 Å². The Labute approximate surface area is 96.6 Å². The van der Waals surface area contributed by atoms with E-state index in [0.717, 1.165) is 30.2 Å². The normalized spacial score (nSPS) is 15.5. The lowest BCUT2D eigenvalue weighted by atomic mass is 10.1. The fraction of sp³-hybridized carbons (Fsp3) is 0.667. The van der Waals surface area contributed by atoms with Crippen LogP contribution in [-0.2, 0) is 6.42 Å². The van der Waals surface area contributed by atoms with Gasteiger partial charge in [-0.1, -0.05) is 13.8 Å². The topological polar surface area (TPSA) is 63.8 Å². The van der Waals surface area contributed by atoms with Crippen LogP contribution >= 0.6 is 0 Å². The molecule has 1 aliphatic carbocycles. The van der Waals surface area contributed by atoms with Gasteiger partial charge < -0.3 is 5.43 Å². The van der Waals surface area contributed by atoms with E-state index in [-0.39, 0.29) is 0 Å². The molecule has 0 atom stereocenters. The molecule has 4 heteroatoms. The number of hydrazine groups is 1. The van der Waals surface area contributed by atoms with Crippen LogP contribution in [0.5, 0.6) is 0 Å². The molecule has 1 aromatic rings. The van der Waals surface area contributed by atoms with Crippen LogP contribution in [0.2, 0.25) is 0 Å². The Bertz CT molecular complexity index is 358. The Balaban J connectivity index is 2.12. The minimum atomic E-state index is 0.646. The Kier molecular flexibility index (Phi) is 3.39. The van der Waals surface area contributed by atoms with Gasteiger partial charge in [-0.05, 0) is 25.2 Å². The lowest BCUT2D eigenvalue weighted by molar-refractivity contribution is 0.573. The summed E-state index contributed by atoms with van der Waals surface area (Å²) >= 11 is 0. The highest BCUT2D eigenvalue weighted by atomic mass is 15.3. The maximum Gasteiger partial charge on any atom is 0.143 e. The third-order valence-electron chi connectivity index (χ3n) is 2.88. The van der Waals surface area contributed by atoms with Crippen molar-refractivity contribution in [2.45, 2.75) is 45.4 Å². The molecule has 3 N–H and O–H groups in total. The van der Waals surface area contributed by atoms with Gasteiger partial charge in [0.1, 0.15) is 11.6 Å². The monoisotopic (exact) mass is 220 g/mol. The van der Waals surface area contributed by atoms with E-state index < -0.39 is 0 Å². The van der Waals surface area contributed by atoms with Crippen LogP contribution < -0.4 is 11.3 Å². The second kappa shape index (κ2) is 4.78. The van der Waals surface area contributed by atoms with E-state index in [4.69, 9.17) is 5.84 Å². The van der Waals surface area contributed by atoms with E-state index in [1.807, 2.05) is 6.07 Å². The molecule has 16 heavy (non-hydrogen) atoms. The van der Waals surface area contributed by atoms with Gasteiger partial charge in [-0.25, -0.2) is 15.8 Å². The van der Waals surface area contributed by atoms with Crippen LogP contribution in [0, 0.1) is 5.92 Å². The van der Waals surface area contributed by atoms with Gasteiger partial charge in [-0.15, -0.1) is 0 Å². The van der Waals surface area contributed by atoms with Crippen molar-refractivity contribution in [3.8, 4) is 0 Å². The third-order valence-corrected chi connectivity index (χ3v) is 2.88. The third kappa shape index (κ3) is 2.92. The summed E-state index contributed by atoms with van der Waals surface area (Å²) in [5, 5.41) is 0.